The van der Waals surface area contributed by atoms with Crippen molar-refractivity contribution in [2.75, 3.05) is 36.5 Å². The zero-order valence-corrected chi connectivity index (χ0v) is 18.0. The minimum Gasteiger partial charge on any atom is -0.378 e. The monoisotopic (exact) mass is 437 g/mol. The molecule has 0 atom stereocenters. The van der Waals surface area contributed by atoms with E-state index in [1.54, 1.807) is 0 Å². The number of hydrogen-bond donors (Lipinski definition) is 1. The molecule has 0 saturated carbocycles. The van der Waals surface area contributed by atoms with Gasteiger partial charge in [0.2, 0.25) is 0 Å². The number of anilines is 2. The fourth-order valence-corrected chi connectivity index (χ4v) is 4.18. The van der Waals surface area contributed by atoms with Crippen LogP contribution in [-0.2, 0) is 10.2 Å². The molecule has 1 aliphatic rings. The molecule has 1 saturated heterocycles. The van der Waals surface area contributed by atoms with Gasteiger partial charge in [0.1, 0.15) is 4.88 Å². The van der Waals surface area contributed by atoms with E-state index in [0.29, 0.717) is 18.1 Å². The van der Waals surface area contributed by atoms with Crippen molar-refractivity contribution in [3.63, 3.8) is 0 Å². The predicted octanol–water partition coefficient (Wildman–Crippen LogP) is 4.60. The fourth-order valence-electron chi connectivity index (χ4n) is 2.80. The first kappa shape index (κ1) is 19.3. The van der Waals surface area contributed by atoms with Crippen LogP contribution in [0.2, 0.25) is 0 Å². The minimum absolute atomic E-state index is 0.0668. The first-order valence-electron chi connectivity index (χ1n) is 8.67. The van der Waals surface area contributed by atoms with Gasteiger partial charge in [0.25, 0.3) is 5.91 Å². The minimum atomic E-state index is -0.108. The lowest BCUT2D eigenvalue weighted by Crippen LogP contribution is -2.36. The lowest BCUT2D eigenvalue weighted by molar-refractivity contribution is 0.103. The highest BCUT2D eigenvalue weighted by molar-refractivity contribution is 9.10. The van der Waals surface area contributed by atoms with E-state index in [-0.39, 0.29) is 11.3 Å². The third-order valence-electron chi connectivity index (χ3n) is 4.20. The summed E-state index contributed by atoms with van der Waals surface area (Å²) >= 11 is 4.98. The van der Waals surface area contributed by atoms with Crippen LogP contribution in [0.3, 0.4) is 0 Å². The molecule has 2 aromatic rings. The molecule has 0 bridgehead atoms. The molecule has 26 heavy (non-hydrogen) atoms. The van der Waals surface area contributed by atoms with E-state index in [1.807, 2.05) is 25.1 Å². The molecule has 1 aliphatic heterocycles. The quantitative estimate of drug-likeness (QED) is 0.761. The molecular weight excluding hydrogens is 414 g/mol. The maximum Gasteiger partial charge on any atom is 0.267 e. The molecule has 0 radical (unpaired) electrons. The Morgan fingerprint density at radius 1 is 1.31 bits per heavy atom. The number of benzene rings is 1. The Kier molecular flexibility index (Phi) is 5.69. The van der Waals surface area contributed by atoms with Gasteiger partial charge in [-0.1, -0.05) is 36.7 Å². The molecule has 0 spiro atoms. The molecule has 1 fully saturated rings. The molecule has 1 N–H and O–H groups in total. The van der Waals surface area contributed by atoms with Gasteiger partial charge in [-0.3, -0.25) is 4.79 Å². The van der Waals surface area contributed by atoms with Gasteiger partial charge in [-0.2, -0.15) is 0 Å². The second kappa shape index (κ2) is 7.66. The number of aromatic nitrogens is 1. The zero-order valence-electron chi connectivity index (χ0n) is 15.6. The lowest BCUT2D eigenvalue weighted by atomic mass is 9.98. The van der Waals surface area contributed by atoms with Crippen molar-refractivity contribution in [3.8, 4) is 0 Å². The Morgan fingerprint density at radius 2 is 2.00 bits per heavy atom. The summed E-state index contributed by atoms with van der Waals surface area (Å²) in [5.41, 5.74) is 2.53. The highest BCUT2D eigenvalue weighted by Gasteiger charge is 2.24. The van der Waals surface area contributed by atoms with Crippen LogP contribution in [0.1, 0.15) is 41.1 Å². The normalized spacial score (nSPS) is 15.2. The van der Waals surface area contributed by atoms with E-state index in [0.717, 1.165) is 39.6 Å². The Hall–Kier alpha value is -1.44. The lowest BCUT2D eigenvalue weighted by Gasteiger charge is -2.30. The van der Waals surface area contributed by atoms with E-state index in [4.69, 9.17) is 4.74 Å². The van der Waals surface area contributed by atoms with Gasteiger partial charge in [0, 0.05) is 23.0 Å². The van der Waals surface area contributed by atoms with Crippen LogP contribution in [0.25, 0.3) is 0 Å². The number of morpholine rings is 1. The van der Waals surface area contributed by atoms with Crippen molar-refractivity contribution < 1.29 is 9.53 Å². The summed E-state index contributed by atoms with van der Waals surface area (Å²) in [5, 5.41) is 4.06. The van der Waals surface area contributed by atoms with Crippen molar-refractivity contribution in [2.24, 2.45) is 0 Å². The third kappa shape index (κ3) is 4.27. The number of thiazole rings is 1. The van der Waals surface area contributed by atoms with Crippen molar-refractivity contribution in [1.29, 1.82) is 0 Å². The third-order valence-corrected chi connectivity index (χ3v) is 6.28. The SMILES string of the molecule is Cc1nc(C(C)(C)C)sc1C(=O)Nc1cc(Br)ccc1N1CCOCC1. The Morgan fingerprint density at radius 3 is 2.62 bits per heavy atom. The number of ether oxygens (including phenoxy) is 1. The second-order valence-electron chi connectivity index (χ2n) is 7.40. The summed E-state index contributed by atoms with van der Waals surface area (Å²) in [5.74, 6) is -0.108. The second-order valence-corrected chi connectivity index (χ2v) is 9.31. The molecule has 5 nitrogen and oxygen atoms in total. The van der Waals surface area contributed by atoms with Gasteiger partial charge in [0.15, 0.2) is 0 Å². The Balaban J connectivity index is 1.87. The van der Waals surface area contributed by atoms with Crippen molar-refractivity contribution >= 4 is 44.5 Å². The topological polar surface area (TPSA) is 54.5 Å². The van der Waals surface area contributed by atoms with Gasteiger partial charge >= 0.3 is 0 Å². The maximum atomic E-state index is 12.9. The Bertz CT molecular complexity index is 808. The largest absolute Gasteiger partial charge is 0.378 e. The number of hydrogen-bond acceptors (Lipinski definition) is 5. The predicted molar refractivity (Wildman–Crippen MR) is 111 cm³/mol. The van der Waals surface area contributed by atoms with Gasteiger partial charge in [0.05, 0.1) is 35.3 Å². The van der Waals surface area contributed by atoms with Crippen LogP contribution in [0, 0.1) is 6.92 Å². The Labute approximate surface area is 166 Å². The van der Waals surface area contributed by atoms with Crippen molar-refractivity contribution in [1.82, 2.24) is 4.98 Å². The van der Waals surface area contributed by atoms with Crippen LogP contribution in [0.4, 0.5) is 11.4 Å². The van der Waals surface area contributed by atoms with E-state index in [2.05, 4.69) is 51.9 Å². The van der Waals surface area contributed by atoms with E-state index < -0.39 is 0 Å². The smallest absolute Gasteiger partial charge is 0.267 e. The van der Waals surface area contributed by atoms with Crippen LogP contribution in [0.5, 0.6) is 0 Å². The molecular formula is C19H24BrN3O2S. The highest BCUT2D eigenvalue weighted by Crippen LogP contribution is 2.33. The van der Waals surface area contributed by atoms with Gasteiger partial charge < -0.3 is 15.0 Å². The number of nitrogens with one attached hydrogen (secondary N) is 1. The van der Waals surface area contributed by atoms with Gasteiger partial charge in [-0.25, -0.2) is 4.98 Å². The number of nitrogens with zero attached hydrogens (tertiary/aromatic N) is 2. The first-order chi connectivity index (χ1) is 12.3. The molecule has 1 aromatic carbocycles. The fraction of sp³-hybridized carbons (Fsp3) is 0.474. The zero-order chi connectivity index (χ0) is 18.9. The van der Waals surface area contributed by atoms with Crippen molar-refractivity contribution in [2.45, 2.75) is 33.1 Å². The summed E-state index contributed by atoms with van der Waals surface area (Å²) in [4.78, 5) is 20.4. The first-order valence-corrected chi connectivity index (χ1v) is 10.3. The molecule has 3 rings (SSSR count). The number of amides is 1. The highest BCUT2D eigenvalue weighted by atomic mass is 79.9. The van der Waals surface area contributed by atoms with Crippen molar-refractivity contribution in [3.05, 3.63) is 38.3 Å². The number of aryl methyl sites for hydroxylation is 1. The van der Waals surface area contributed by atoms with Crippen LogP contribution in [-0.4, -0.2) is 37.2 Å². The average Bonchev–Trinajstić information content (AvgIpc) is 2.98. The summed E-state index contributed by atoms with van der Waals surface area (Å²) in [6.07, 6.45) is 0. The standard InChI is InChI=1S/C19H24BrN3O2S/c1-12-16(26-18(21-12)19(2,3)4)17(24)22-14-11-13(20)5-6-15(14)23-7-9-25-10-8-23/h5-6,11H,7-10H2,1-4H3,(H,22,24). The molecule has 2 heterocycles. The van der Waals surface area contributed by atoms with Crippen LogP contribution in [0.15, 0.2) is 22.7 Å². The summed E-state index contributed by atoms with van der Waals surface area (Å²) < 4.78 is 6.37. The summed E-state index contributed by atoms with van der Waals surface area (Å²) in [6, 6.07) is 5.98. The van der Waals surface area contributed by atoms with Crippen LogP contribution < -0.4 is 10.2 Å². The number of carbonyl (C=O) groups is 1. The number of rotatable bonds is 3. The average molecular weight is 438 g/mol. The van der Waals surface area contributed by atoms with E-state index >= 15 is 0 Å². The number of carbonyl (C=O) groups excluding carboxylic acids is 1. The molecule has 0 aliphatic carbocycles. The molecule has 0 unspecified atom stereocenters. The summed E-state index contributed by atoms with van der Waals surface area (Å²) in [7, 11) is 0. The maximum absolute atomic E-state index is 12.9. The van der Waals surface area contributed by atoms with Gasteiger partial charge in [-0.15, -0.1) is 11.3 Å². The van der Waals surface area contributed by atoms with E-state index in [9.17, 15) is 4.79 Å². The molecule has 140 valence electrons. The molecule has 1 aromatic heterocycles. The summed E-state index contributed by atoms with van der Waals surface area (Å²) in [6.45, 7) is 11.3. The van der Waals surface area contributed by atoms with Gasteiger partial charge in [-0.05, 0) is 25.1 Å². The molecule has 1 amide bonds. The van der Waals surface area contributed by atoms with Crippen LogP contribution >= 0.6 is 27.3 Å². The number of halogens is 1. The van der Waals surface area contributed by atoms with E-state index in [1.165, 1.54) is 11.3 Å². The molecule has 7 heteroatoms.